The van der Waals surface area contributed by atoms with Crippen LogP contribution in [-0.4, -0.2) is 12.9 Å². The smallest absolute Gasteiger partial charge is 0.139 e. The van der Waals surface area contributed by atoms with Gasteiger partial charge < -0.3 is 4.74 Å². The second-order valence-electron chi connectivity index (χ2n) is 8.22. The first-order chi connectivity index (χ1) is 12.0. The van der Waals surface area contributed by atoms with Crippen LogP contribution in [0.4, 0.5) is 0 Å². The Morgan fingerprint density at radius 2 is 2.00 bits per heavy atom. The summed E-state index contributed by atoms with van der Waals surface area (Å²) in [4.78, 5) is 12.5. The van der Waals surface area contributed by atoms with Gasteiger partial charge in [-0.3, -0.25) is 4.79 Å². The molecule has 4 atom stereocenters. The van der Waals surface area contributed by atoms with Gasteiger partial charge in [0.05, 0.1) is 7.11 Å². The number of benzene rings is 1. The van der Waals surface area contributed by atoms with Crippen LogP contribution in [0.2, 0.25) is 0 Å². The third-order valence-electron chi connectivity index (χ3n) is 7.36. The quantitative estimate of drug-likeness (QED) is 0.514. The molecular formula is C21H26Br2O2. The number of alkyl halides is 2. The summed E-state index contributed by atoms with van der Waals surface area (Å²) in [5.74, 6) is 3.46. The summed E-state index contributed by atoms with van der Waals surface area (Å²) < 4.78 is 5.76. The Balaban J connectivity index is 1.79. The lowest BCUT2D eigenvalue weighted by Crippen LogP contribution is -2.42. The molecule has 1 aromatic carbocycles. The standard InChI is InChI=1S/C21H26Br2O2/c1-21-8-7-14-15(18(21)5-6-19(21)24)4-3-13-16(14)9-12(10-22)20(25-2)17(13)11-23/h9,14-15,18H,3-8,10-11H2,1-2H3/t14-,15+,18-,21-/m0/s1. The number of carbonyl (C=O) groups excluding carboxylic acids is 1. The molecule has 0 aliphatic heterocycles. The second-order valence-corrected chi connectivity index (χ2v) is 9.34. The maximum absolute atomic E-state index is 12.5. The highest BCUT2D eigenvalue weighted by molar-refractivity contribution is 9.08. The van der Waals surface area contributed by atoms with Crippen LogP contribution in [-0.2, 0) is 21.9 Å². The van der Waals surface area contributed by atoms with Gasteiger partial charge in [-0.05, 0) is 61.0 Å². The van der Waals surface area contributed by atoms with Crippen LogP contribution in [0, 0.1) is 17.3 Å². The third kappa shape index (κ3) is 2.57. The molecule has 136 valence electrons. The van der Waals surface area contributed by atoms with Gasteiger partial charge >= 0.3 is 0 Å². The fraction of sp³-hybridized carbons (Fsp3) is 0.667. The van der Waals surface area contributed by atoms with E-state index in [-0.39, 0.29) is 5.41 Å². The Bertz CT molecular complexity index is 714. The minimum Gasteiger partial charge on any atom is -0.496 e. The summed E-state index contributed by atoms with van der Waals surface area (Å²) in [7, 11) is 1.78. The molecule has 25 heavy (non-hydrogen) atoms. The maximum Gasteiger partial charge on any atom is 0.139 e. The molecule has 1 aromatic rings. The first-order valence-corrected chi connectivity index (χ1v) is 11.7. The molecule has 2 saturated carbocycles. The Labute approximate surface area is 167 Å². The van der Waals surface area contributed by atoms with E-state index in [1.54, 1.807) is 12.7 Å². The highest BCUT2D eigenvalue weighted by Crippen LogP contribution is 2.60. The molecule has 3 aliphatic carbocycles. The lowest BCUT2D eigenvalue weighted by Gasteiger charge is -2.48. The van der Waals surface area contributed by atoms with E-state index in [4.69, 9.17) is 4.74 Å². The van der Waals surface area contributed by atoms with Crippen molar-refractivity contribution in [3.8, 4) is 5.75 Å². The number of methoxy groups -OCH3 is 1. The monoisotopic (exact) mass is 468 g/mol. The number of hydrogen-bond donors (Lipinski definition) is 0. The van der Waals surface area contributed by atoms with Crippen LogP contribution in [0.15, 0.2) is 6.07 Å². The highest BCUT2D eigenvalue weighted by atomic mass is 79.9. The van der Waals surface area contributed by atoms with Crippen LogP contribution in [0.25, 0.3) is 0 Å². The largest absolute Gasteiger partial charge is 0.496 e. The average Bonchev–Trinajstić information content (AvgIpc) is 2.94. The molecule has 0 aromatic heterocycles. The zero-order valence-corrected chi connectivity index (χ0v) is 18.2. The van der Waals surface area contributed by atoms with Crippen molar-refractivity contribution in [1.82, 2.24) is 0 Å². The van der Waals surface area contributed by atoms with Crippen molar-refractivity contribution >= 4 is 37.6 Å². The molecule has 0 saturated heterocycles. The van der Waals surface area contributed by atoms with E-state index < -0.39 is 0 Å². The van der Waals surface area contributed by atoms with Crippen molar-refractivity contribution in [1.29, 1.82) is 0 Å². The fourth-order valence-corrected chi connectivity index (χ4v) is 7.13. The van der Waals surface area contributed by atoms with Gasteiger partial charge in [-0.15, -0.1) is 0 Å². The van der Waals surface area contributed by atoms with Crippen molar-refractivity contribution in [3.63, 3.8) is 0 Å². The van der Waals surface area contributed by atoms with Gasteiger partial charge in [0.25, 0.3) is 0 Å². The van der Waals surface area contributed by atoms with E-state index in [9.17, 15) is 4.79 Å². The lowest BCUT2D eigenvalue weighted by molar-refractivity contribution is -0.129. The predicted octanol–water partition coefficient (Wildman–Crippen LogP) is 5.91. The van der Waals surface area contributed by atoms with Crippen LogP contribution in [0.3, 0.4) is 0 Å². The molecule has 3 aliphatic rings. The zero-order valence-electron chi connectivity index (χ0n) is 15.0. The molecule has 4 heteroatoms. The Kier molecular flexibility index (Phi) is 4.81. The normalized spacial score (nSPS) is 33.6. The summed E-state index contributed by atoms with van der Waals surface area (Å²) in [5, 5.41) is 1.66. The average molecular weight is 470 g/mol. The topological polar surface area (TPSA) is 26.3 Å². The maximum atomic E-state index is 12.5. The molecule has 0 unspecified atom stereocenters. The number of hydrogen-bond acceptors (Lipinski definition) is 2. The van der Waals surface area contributed by atoms with Crippen molar-refractivity contribution in [3.05, 3.63) is 28.3 Å². The first kappa shape index (κ1) is 18.0. The number of ether oxygens (including phenoxy) is 1. The molecule has 0 N–H and O–H groups in total. The Morgan fingerprint density at radius 3 is 2.68 bits per heavy atom. The number of ketones is 1. The van der Waals surface area contributed by atoms with E-state index in [1.165, 1.54) is 23.1 Å². The van der Waals surface area contributed by atoms with Gasteiger partial charge in [0.15, 0.2) is 0 Å². The number of Topliss-reactive ketones (excluding diaryl/α,β-unsaturated/α-hetero) is 1. The van der Waals surface area contributed by atoms with Crippen molar-refractivity contribution in [2.24, 2.45) is 17.3 Å². The predicted molar refractivity (Wildman–Crippen MR) is 108 cm³/mol. The minimum absolute atomic E-state index is 0.0400. The molecule has 2 fully saturated rings. The van der Waals surface area contributed by atoms with Gasteiger partial charge in [-0.25, -0.2) is 0 Å². The van der Waals surface area contributed by atoms with Gasteiger partial charge in [0, 0.05) is 33.6 Å². The molecule has 0 heterocycles. The first-order valence-electron chi connectivity index (χ1n) is 9.41. The van der Waals surface area contributed by atoms with Gasteiger partial charge in [0.2, 0.25) is 0 Å². The number of fused-ring (bicyclic) bond motifs is 5. The summed E-state index contributed by atoms with van der Waals surface area (Å²) >= 11 is 7.35. The molecular weight excluding hydrogens is 444 g/mol. The fourth-order valence-electron chi connectivity index (χ4n) is 6.12. The van der Waals surface area contributed by atoms with Gasteiger partial charge in [0.1, 0.15) is 11.5 Å². The highest BCUT2D eigenvalue weighted by Gasteiger charge is 2.54. The van der Waals surface area contributed by atoms with Crippen LogP contribution in [0.5, 0.6) is 5.75 Å². The third-order valence-corrected chi connectivity index (χ3v) is 8.53. The number of rotatable bonds is 3. The summed E-state index contributed by atoms with van der Waals surface area (Å²) in [5.41, 5.74) is 5.60. The SMILES string of the molecule is COc1c(CBr)cc2c(c1CBr)CC[C@@H]1[C@@H]2CC[C@]2(C)C(=O)CC[C@@H]12. The minimum atomic E-state index is -0.0400. The van der Waals surface area contributed by atoms with Crippen LogP contribution >= 0.6 is 31.9 Å². The molecule has 0 radical (unpaired) electrons. The van der Waals surface area contributed by atoms with Gasteiger partial charge in [-0.2, -0.15) is 0 Å². The van der Waals surface area contributed by atoms with E-state index in [0.717, 1.165) is 48.5 Å². The summed E-state index contributed by atoms with van der Waals surface area (Å²) in [6, 6.07) is 2.39. The number of halogens is 2. The van der Waals surface area contributed by atoms with E-state index in [2.05, 4.69) is 44.8 Å². The Hall–Kier alpha value is -0.350. The van der Waals surface area contributed by atoms with Crippen LogP contribution in [0.1, 0.15) is 67.2 Å². The van der Waals surface area contributed by atoms with Crippen molar-refractivity contribution < 1.29 is 9.53 Å². The Morgan fingerprint density at radius 1 is 1.20 bits per heavy atom. The van der Waals surface area contributed by atoms with Crippen molar-refractivity contribution in [2.45, 2.75) is 62.0 Å². The van der Waals surface area contributed by atoms with Gasteiger partial charge in [-0.1, -0.05) is 44.8 Å². The lowest BCUT2D eigenvalue weighted by atomic mass is 9.55. The number of carbonyl (C=O) groups is 1. The summed E-state index contributed by atoms with van der Waals surface area (Å²) in [6.45, 7) is 2.25. The summed E-state index contributed by atoms with van der Waals surface area (Å²) in [6.07, 6.45) is 6.49. The van der Waals surface area contributed by atoms with E-state index in [0.29, 0.717) is 23.5 Å². The molecule has 4 rings (SSSR count). The molecule has 0 spiro atoms. The van der Waals surface area contributed by atoms with Crippen LogP contribution < -0.4 is 4.74 Å². The second kappa shape index (κ2) is 6.67. The molecule has 0 amide bonds. The zero-order chi connectivity index (χ0) is 17.8. The van der Waals surface area contributed by atoms with E-state index in [1.807, 2.05) is 0 Å². The van der Waals surface area contributed by atoms with Crippen molar-refractivity contribution in [2.75, 3.05) is 7.11 Å². The molecule has 0 bridgehead atoms. The molecule has 2 nitrogen and oxygen atoms in total. The van der Waals surface area contributed by atoms with E-state index >= 15 is 0 Å².